The number of hydrogen-bond acceptors (Lipinski definition) is 4. The molecular formula is C24H32N4O4. The molecule has 3 aliphatic rings. The molecule has 0 aromatic heterocycles. The first-order valence-corrected chi connectivity index (χ1v) is 11.5. The standard InChI is InChI=1S/C24H32N4O4/c1-14-10-15(2)13-28(12-14)21(30)18-5-4-16(3)19(11-18)25-20(29)17-6-8-24(9-7-17)22(31)26-23(32)27-24/h4-5,11,14-15,17H,6-10,12-13H2,1-3H3,(H,25,29)(H2,26,27,31,32). The Kier molecular flexibility index (Phi) is 5.97. The molecular weight excluding hydrogens is 408 g/mol. The maximum atomic E-state index is 13.1. The van der Waals surface area contributed by atoms with E-state index in [1.54, 1.807) is 6.07 Å². The van der Waals surface area contributed by atoms with E-state index in [0.29, 0.717) is 48.8 Å². The van der Waals surface area contributed by atoms with Crippen molar-refractivity contribution in [2.24, 2.45) is 17.8 Å². The summed E-state index contributed by atoms with van der Waals surface area (Å²) >= 11 is 0. The van der Waals surface area contributed by atoms with Gasteiger partial charge in [-0.15, -0.1) is 0 Å². The quantitative estimate of drug-likeness (QED) is 0.628. The molecule has 1 aliphatic carbocycles. The van der Waals surface area contributed by atoms with E-state index < -0.39 is 11.6 Å². The Bertz CT molecular complexity index is 941. The van der Waals surface area contributed by atoms with Crippen LogP contribution in [0.3, 0.4) is 0 Å². The zero-order valence-electron chi connectivity index (χ0n) is 19.0. The number of carbonyl (C=O) groups is 4. The van der Waals surface area contributed by atoms with E-state index in [2.05, 4.69) is 29.8 Å². The molecule has 2 atom stereocenters. The van der Waals surface area contributed by atoms with Crippen molar-refractivity contribution in [1.82, 2.24) is 15.5 Å². The number of amides is 5. The first kappa shape index (κ1) is 22.3. The van der Waals surface area contributed by atoms with Gasteiger partial charge in [0.1, 0.15) is 5.54 Å². The number of benzene rings is 1. The Morgan fingerprint density at radius 3 is 2.34 bits per heavy atom. The van der Waals surface area contributed by atoms with Crippen molar-refractivity contribution < 1.29 is 19.2 Å². The molecule has 1 aromatic carbocycles. The van der Waals surface area contributed by atoms with Gasteiger partial charge in [0.25, 0.3) is 11.8 Å². The molecule has 32 heavy (non-hydrogen) atoms. The normalized spacial score (nSPS) is 30.1. The van der Waals surface area contributed by atoms with Gasteiger partial charge in [0, 0.05) is 30.3 Å². The molecule has 2 saturated heterocycles. The predicted octanol–water partition coefficient (Wildman–Crippen LogP) is 2.82. The lowest BCUT2D eigenvalue weighted by Gasteiger charge is -2.35. The number of aryl methyl sites for hydroxylation is 1. The summed E-state index contributed by atoms with van der Waals surface area (Å²) in [5.74, 6) is 0.305. The molecule has 1 spiro atoms. The summed E-state index contributed by atoms with van der Waals surface area (Å²) < 4.78 is 0. The Morgan fingerprint density at radius 2 is 1.75 bits per heavy atom. The minimum absolute atomic E-state index is 0.00138. The fraction of sp³-hybridized carbons (Fsp3) is 0.583. The SMILES string of the molecule is Cc1ccc(C(=O)N2CC(C)CC(C)C2)cc1NC(=O)C1CCC2(CC1)NC(=O)NC2=O. The number of urea groups is 1. The molecule has 1 aromatic rings. The van der Waals surface area contributed by atoms with Crippen molar-refractivity contribution in [3.63, 3.8) is 0 Å². The number of nitrogens with one attached hydrogen (secondary N) is 3. The summed E-state index contributed by atoms with van der Waals surface area (Å²) in [5, 5.41) is 8.01. The van der Waals surface area contributed by atoms with Crippen LogP contribution in [0.5, 0.6) is 0 Å². The average Bonchev–Trinajstić information content (AvgIpc) is 3.01. The highest BCUT2D eigenvalue weighted by Gasteiger charge is 2.48. The number of imide groups is 1. The zero-order valence-corrected chi connectivity index (χ0v) is 19.0. The lowest BCUT2D eigenvalue weighted by molar-refractivity contribution is -0.128. The van der Waals surface area contributed by atoms with Crippen LogP contribution in [0.25, 0.3) is 0 Å². The van der Waals surface area contributed by atoms with E-state index in [1.807, 2.05) is 24.0 Å². The fourth-order valence-corrected chi connectivity index (χ4v) is 5.39. The van der Waals surface area contributed by atoms with Crippen LogP contribution in [0.4, 0.5) is 10.5 Å². The second-order valence-electron chi connectivity index (χ2n) is 9.94. The highest BCUT2D eigenvalue weighted by Crippen LogP contribution is 2.35. The average molecular weight is 441 g/mol. The van der Waals surface area contributed by atoms with Gasteiger partial charge < -0.3 is 15.5 Å². The van der Waals surface area contributed by atoms with Crippen molar-refractivity contribution in [2.75, 3.05) is 18.4 Å². The minimum Gasteiger partial charge on any atom is -0.338 e. The van der Waals surface area contributed by atoms with E-state index in [1.165, 1.54) is 0 Å². The second-order valence-corrected chi connectivity index (χ2v) is 9.94. The number of hydrogen-bond donors (Lipinski definition) is 3. The number of rotatable bonds is 3. The summed E-state index contributed by atoms with van der Waals surface area (Å²) in [5.41, 5.74) is 1.25. The molecule has 0 radical (unpaired) electrons. The summed E-state index contributed by atoms with van der Waals surface area (Å²) in [4.78, 5) is 51.6. The molecule has 1 saturated carbocycles. The van der Waals surface area contributed by atoms with Gasteiger partial charge in [-0.1, -0.05) is 19.9 Å². The summed E-state index contributed by atoms with van der Waals surface area (Å²) in [6.45, 7) is 7.76. The lowest BCUT2D eigenvalue weighted by Crippen LogP contribution is -2.50. The van der Waals surface area contributed by atoms with Crippen molar-refractivity contribution in [2.45, 2.75) is 58.4 Å². The predicted molar refractivity (Wildman–Crippen MR) is 120 cm³/mol. The monoisotopic (exact) mass is 440 g/mol. The molecule has 8 heteroatoms. The molecule has 5 amide bonds. The third-order valence-electron chi connectivity index (χ3n) is 7.12. The summed E-state index contributed by atoms with van der Waals surface area (Å²) in [7, 11) is 0. The first-order chi connectivity index (χ1) is 15.2. The van der Waals surface area contributed by atoms with Crippen LogP contribution in [0.1, 0.15) is 61.9 Å². The molecule has 4 rings (SSSR count). The van der Waals surface area contributed by atoms with Crippen LogP contribution in [-0.2, 0) is 9.59 Å². The van der Waals surface area contributed by atoms with Gasteiger partial charge in [0.05, 0.1) is 0 Å². The summed E-state index contributed by atoms with van der Waals surface area (Å²) in [6, 6.07) is 5.00. The molecule has 3 N–H and O–H groups in total. The highest BCUT2D eigenvalue weighted by molar-refractivity contribution is 6.07. The van der Waals surface area contributed by atoms with Gasteiger partial charge in [-0.25, -0.2) is 4.79 Å². The van der Waals surface area contributed by atoms with Gasteiger partial charge in [-0.3, -0.25) is 19.7 Å². The van der Waals surface area contributed by atoms with E-state index >= 15 is 0 Å². The molecule has 0 bridgehead atoms. The van der Waals surface area contributed by atoms with Crippen molar-refractivity contribution in [3.05, 3.63) is 29.3 Å². The van der Waals surface area contributed by atoms with Gasteiger partial charge in [0.2, 0.25) is 5.91 Å². The first-order valence-electron chi connectivity index (χ1n) is 11.5. The van der Waals surface area contributed by atoms with Crippen LogP contribution in [0.2, 0.25) is 0 Å². The van der Waals surface area contributed by atoms with E-state index in [9.17, 15) is 19.2 Å². The Morgan fingerprint density at radius 1 is 1.09 bits per heavy atom. The Labute approximate surface area is 188 Å². The molecule has 2 unspecified atom stereocenters. The van der Waals surface area contributed by atoms with Crippen LogP contribution in [0, 0.1) is 24.7 Å². The van der Waals surface area contributed by atoms with E-state index in [4.69, 9.17) is 0 Å². The maximum absolute atomic E-state index is 13.1. The van der Waals surface area contributed by atoms with Crippen LogP contribution >= 0.6 is 0 Å². The Hall–Kier alpha value is -2.90. The minimum atomic E-state index is -0.876. The van der Waals surface area contributed by atoms with Crippen LogP contribution in [-0.4, -0.2) is 47.3 Å². The molecule has 3 fully saturated rings. The fourth-order valence-electron chi connectivity index (χ4n) is 5.39. The van der Waals surface area contributed by atoms with Crippen molar-refractivity contribution in [1.29, 1.82) is 0 Å². The number of likely N-dealkylation sites (tertiary alicyclic amines) is 1. The van der Waals surface area contributed by atoms with Gasteiger partial charge >= 0.3 is 6.03 Å². The smallest absolute Gasteiger partial charge is 0.322 e. The largest absolute Gasteiger partial charge is 0.338 e. The number of anilines is 1. The van der Waals surface area contributed by atoms with Crippen LogP contribution < -0.4 is 16.0 Å². The number of piperidine rings is 1. The highest BCUT2D eigenvalue weighted by atomic mass is 16.2. The van der Waals surface area contributed by atoms with Crippen molar-refractivity contribution >= 4 is 29.4 Å². The van der Waals surface area contributed by atoms with Crippen molar-refractivity contribution in [3.8, 4) is 0 Å². The van der Waals surface area contributed by atoms with Gasteiger partial charge in [-0.2, -0.15) is 0 Å². The molecule has 2 heterocycles. The zero-order chi connectivity index (χ0) is 23.0. The van der Waals surface area contributed by atoms with Gasteiger partial charge in [-0.05, 0) is 68.6 Å². The summed E-state index contributed by atoms with van der Waals surface area (Å²) in [6.07, 6.45) is 3.03. The van der Waals surface area contributed by atoms with Gasteiger partial charge in [0.15, 0.2) is 0 Å². The third-order valence-corrected chi connectivity index (χ3v) is 7.12. The molecule has 8 nitrogen and oxygen atoms in total. The van der Waals surface area contributed by atoms with Crippen LogP contribution in [0.15, 0.2) is 18.2 Å². The van der Waals surface area contributed by atoms with E-state index in [-0.39, 0.29) is 23.6 Å². The lowest BCUT2D eigenvalue weighted by atomic mass is 9.76. The maximum Gasteiger partial charge on any atom is 0.322 e. The molecule has 2 aliphatic heterocycles. The van der Waals surface area contributed by atoms with E-state index in [0.717, 1.165) is 25.1 Å². The Balaban J connectivity index is 1.41. The third kappa shape index (κ3) is 4.36. The number of carbonyl (C=O) groups excluding carboxylic acids is 4. The molecule has 172 valence electrons. The number of nitrogens with zero attached hydrogens (tertiary/aromatic N) is 1. The second kappa shape index (κ2) is 8.56. The topological polar surface area (TPSA) is 108 Å².